The van der Waals surface area contributed by atoms with Crippen molar-refractivity contribution in [3.63, 3.8) is 0 Å². The Balaban J connectivity index is 0.00000208. The average Bonchev–Trinajstić information content (AvgIpc) is 2.61. The number of pyridine rings is 1. The van der Waals surface area contributed by atoms with Crippen molar-refractivity contribution in [3.05, 3.63) is 65.0 Å². The van der Waals surface area contributed by atoms with Crippen molar-refractivity contribution in [1.82, 2.24) is 15.4 Å². The van der Waals surface area contributed by atoms with Crippen LogP contribution in [-0.4, -0.2) is 33.5 Å². The molecule has 0 bridgehead atoms. The normalized spacial score (nSPS) is 12.8. The molecule has 1 aromatic carbocycles. The first-order valence-electron chi connectivity index (χ1n) is 7.41. The second-order valence-electron chi connectivity index (χ2n) is 5.49. The number of nitrogens with zero attached hydrogens (tertiary/aromatic N) is 2. The van der Waals surface area contributed by atoms with Gasteiger partial charge in [0, 0.05) is 30.5 Å². The van der Waals surface area contributed by atoms with E-state index < -0.39 is 5.91 Å². The Morgan fingerprint density at radius 1 is 1.21 bits per heavy atom. The third-order valence-electron chi connectivity index (χ3n) is 3.99. The van der Waals surface area contributed by atoms with E-state index in [1.807, 2.05) is 29.2 Å². The number of aromatic nitrogens is 1. The predicted molar refractivity (Wildman–Crippen MR) is 90.0 cm³/mol. The van der Waals surface area contributed by atoms with E-state index in [2.05, 4.69) is 4.98 Å². The van der Waals surface area contributed by atoms with E-state index >= 15 is 0 Å². The zero-order chi connectivity index (χ0) is 16.2. The van der Waals surface area contributed by atoms with Crippen molar-refractivity contribution in [1.29, 1.82) is 0 Å². The molecule has 6 nitrogen and oxygen atoms in total. The molecule has 2 N–H and O–H groups in total. The molecule has 1 aliphatic rings. The van der Waals surface area contributed by atoms with Gasteiger partial charge in [0.25, 0.3) is 5.91 Å². The molecule has 0 spiro atoms. The van der Waals surface area contributed by atoms with E-state index in [4.69, 9.17) is 5.21 Å². The van der Waals surface area contributed by atoms with Crippen molar-refractivity contribution < 1.29 is 14.8 Å². The number of hydrogen-bond acceptors (Lipinski definition) is 4. The maximum absolute atomic E-state index is 12.4. The van der Waals surface area contributed by atoms with Crippen LogP contribution in [0.25, 0.3) is 0 Å². The lowest BCUT2D eigenvalue weighted by atomic mass is 9.96. The summed E-state index contributed by atoms with van der Waals surface area (Å²) < 4.78 is 0. The smallest absolute Gasteiger partial charge is 0.274 e. The highest BCUT2D eigenvalue weighted by molar-refractivity contribution is 5.93. The van der Waals surface area contributed by atoms with Gasteiger partial charge in [-0.2, -0.15) is 0 Å². The molecule has 0 fully saturated rings. The number of carbonyl (C=O) groups excluding carboxylic acids is 2. The number of fused-ring (bicyclic) bond motifs is 1. The molecule has 7 heteroatoms. The van der Waals surface area contributed by atoms with Crippen LogP contribution in [-0.2, 0) is 24.2 Å². The average molecular weight is 348 g/mol. The summed E-state index contributed by atoms with van der Waals surface area (Å²) >= 11 is 0. The van der Waals surface area contributed by atoms with Crippen LogP contribution in [0.5, 0.6) is 0 Å². The molecule has 2 heterocycles. The summed E-state index contributed by atoms with van der Waals surface area (Å²) in [5, 5.41) is 8.69. The number of amides is 2. The fourth-order valence-corrected chi connectivity index (χ4v) is 2.74. The minimum Gasteiger partial charge on any atom is -0.338 e. The summed E-state index contributed by atoms with van der Waals surface area (Å²) in [6, 6.07) is 10.8. The number of rotatable bonds is 3. The van der Waals surface area contributed by atoms with Gasteiger partial charge in [-0.05, 0) is 41.8 Å². The molecule has 0 saturated carbocycles. The Kier molecular flexibility index (Phi) is 5.89. The first-order valence-corrected chi connectivity index (χ1v) is 7.41. The molecule has 0 atom stereocenters. The number of nitrogens with one attached hydrogen (secondary N) is 1. The van der Waals surface area contributed by atoms with Crippen LogP contribution in [0.2, 0.25) is 0 Å². The Labute approximate surface area is 145 Å². The summed E-state index contributed by atoms with van der Waals surface area (Å²) in [7, 11) is 0. The monoisotopic (exact) mass is 347 g/mol. The molecule has 1 aromatic heterocycles. The Hall–Kier alpha value is -2.44. The SMILES string of the molecule is Cl.O=C(NO)c1ccc2c(c1)CCN(C(=O)Cc1ccccn1)C2. The van der Waals surface area contributed by atoms with Crippen LogP contribution in [0.4, 0.5) is 0 Å². The lowest BCUT2D eigenvalue weighted by Gasteiger charge is -2.29. The largest absolute Gasteiger partial charge is 0.338 e. The molecule has 126 valence electrons. The van der Waals surface area contributed by atoms with Gasteiger partial charge in [-0.3, -0.25) is 19.8 Å². The molecule has 0 radical (unpaired) electrons. The van der Waals surface area contributed by atoms with Crippen LogP contribution in [0, 0.1) is 0 Å². The highest BCUT2D eigenvalue weighted by Crippen LogP contribution is 2.21. The maximum atomic E-state index is 12.4. The van der Waals surface area contributed by atoms with E-state index in [0.717, 1.165) is 16.8 Å². The standard InChI is InChI=1S/C17H17N3O3.ClH/c21-16(10-15-3-1-2-7-18-15)20-8-6-12-9-13(17(22)19-23)4-5-14(12)11-20;/h1-5,7,9,23H,6,8,10-11H2,(H,19,22);1H. The molecule has 2 amide bonds. The van der Waals surface area contributed by atoms with Crippen LogP contribution in [0.15, 0.2) is 42.6 Å². The molecule has 0 unspecified atom stereocenters. The van der Waals surface area contributed by atoms with Crippen LogP contribution in [0.1, 0.15) is 27.2 Å². The molecular weight excluding hydrogens is 330 g/mol. The number of hydroxylamine groups is 1. The van der Waals surface area contributed by atoms with Gasteiger partial charge in [0.2, 0.25) is 5.91 Å². The van der Waals surface area contributed by atoms with Crippen molar-refractivity contribution in [2.24, 2.45) is 0 Å². The van der Waals surface area contributed by atoms with Crippen LogP contribution >= 0.6 is 12.4 Å². The molecule has 0 aliphatic carbocycles. The third-order valence-corrected chi connectivity index (χ3v) is 3.99. The van der Waals surface area contributed by atoms with Crippen molar-refractivity contribution in [3.8, 4) is 0 Å². The van der Waals surface area contributed by atoms with Crippen molar-refractivity contribution in [2.75, 3.05) is 6.54 Å². The van der Waals surface area contributed by atoms with Gasteiger partial charge in [0.15, 0.2) is 0 Å². The highest BCUT2D eigenvalue weighted by Gasteiger charge is 2.22. The van der Waals surface area contributed by atoms with E-state index in [0.29, 0.717) is 31.5 Å². The summed E-state index contributed by atoms with van der Waals surface area (Å²) in [6.07, 6.45) is 2.67. The molecular formula is C17H18ClN3O3. The first kappa shape index (κ1) is 17.9. The van der Waals surface area contributed by atoms with E-state index in [1.54, 1.807) is 23.8 Å². The Bertz CT molecular complexity index is 737. The van der Waals surface area contributed by atoms with Crippen molar-refractivity contribution >= 4 is 24.2 Å². The zero-order valence-electron chi connectivity index (χ0n) is 12.9. The van der Waals surface area contributed by atoms with Crippen molar-refractivity contribution in [2.45, 2.75) is 19.4 Å². The minimum absolute atomic E-state index is 0. The first-order chi connectivity index (χ1) is 11.2. The molecule has 3 rings (SSSR count). The summed E-state index contributed by atoms with van der Waals surface area (Å²) in [4.78, 5) is 29.8. The van der Waals surface area contributed by atoms with Gasteiger partial charge in [-0.25, -0.2) is 5.48 Å². The second kappa shape index (κ2) is 7.90. The van der Waals surface area contributed by atoms with E-state index in [9.17, 15) is 9.59 Å². The molecule has 1 aliphatic heterocycles. The van der Waals surface area contributed by atoms with Gasteiger partial charge in [-0.15, -0.1) is 12.4 Å². The van der Waals surface area contributed by atoms with E-state index in [-0.39, 0.29) is 18.3 Å². The Morgan fingerprint density at radius 3 is 2.75 bits per heavy atom. The van der Waals surface area contributed by atoms with Gasteiger partial charge in [-0.1, -0.05) is 12.1 Å². The third kappa shape index (κ3) is 3.90. The van der Waals surface area contributed by atoms with E-state index in [1.165, 1.54) is 0 Å². The van der Waals surface area contributed by atoms with Crippen LogP contribution < -0.4 is 5.48 Å². The fraction of sp³-hybridized carbons (Fsp3) is 0.235. The van der Waals surface area contributed by atoms with Gasteiger partial charge >= 0.3 is 0 Å². The fourth-order valence-electron chi connectivity index (χ4n) is 2.74. The molecule has 2 aromatic rings. The number of benzene rings is 1. The second-order valence-corrected chi connectivity index (χ2v) is 5.49. The molecule has 24 heavy (non-hydrogen) atoms. The van der Waals surface area contributed by atoms with Gasteiger partial charge < -0.3 is 4.90 Å². The van der Waals surface area contributed by atoms with Gasteiger partial charge in [0.1, 0.15) is 0 Å². The highest BCUT2D eigenvalue weighted by atomic mass is 35.5. The number of hydrogen-bond donors (Lipinski definition) is 2. The quantitative estimate of drug-likeness (QED) is 0.654. The Morgan fingerprint density at radius 2 is 2.04 bits per heavy atom. The summed E-state index contributed by atoms with van der Waals surface area (Å²) in [5.41, 5.74) is 4.87. The maximum Gasteiger partial charge on any atom is 0.274 e. The summed E-state index contributed by atoms with van der Waals surface area (Å²) in [6.45, 7) is 1.14. The topological polar surface area (TPSA) is 82.5 Å². The minimum atomic E-state index is -0.526. The molecule has 0 saturated heterocycles. The zero-order valence-corrected chi connectivity index (χ0v) is 13.8. The summed E-state index contributed by atoms with van der Waals surface area (Å²) in [5.74, 6) is -0.479. The van der Waals surface area contributed by atoms with Crippen LogP contribution in [0.3, 0.4) is 0 Å². The van der Waals surface area contributed by atoms with Gasteiger partial charge in [0.05, 0.1) is 6.42 Å². The number of carbonyl (C=O) groups is 2. The lowest BCUT2D eigenvalue weighted by Crippen LogP contribution is -2.37. The predicted octanol–water partition coefficient (Wildman–Crippen LogP) is 1.75. The lowest BCUT2D eigenvalue weighted by molar-refractivity contribution is -0.131. The number of halogens is 1.